The Balaban J connectivity index is 1.92. The van der Waals surface area contributed by atoms with Crippen LogP contribution < -0.4 is 14.8 Å². The maximum atomic E-state index is 12.9. The maximum Gasteiger partial charge on any atom is 0.339 e. The Morgan fingerprint density at radius 3 is 2.38 bits per heavy atom. The van der Waals surface area contributed by atoms with E-state index in [1.165, 1.54) is 0 Å². The average Bonchev–Trinajstić information content (AvgIpc) is 2.84. The molecule has 0 fully saturated rings. The van der Waals surface area contributed by atoms with Crippen molar-refractivity contribution >= 4 is 22.8 Å². The minimum Gasteiger partial charge on any atom is -0.493 e. The van der Waals surface area contributed by atoms with Gasteiger partial charge in [0.1, 0.15) is 0 Å². The zero-order valence-electron chi connectivity index (χ0n) is 18.8. The summed E-state index contributed by atoms with van der Waals surface area (Å²) in [5, 5.41) is 3.52. The van der Waals surface area contributed by atoms with E-state index >= 15 is 0 Å². The van der Waals surface area contributed by atoms with E-state index in [9.17, 15) is 9.59 Å². The summed E-state index contributed by atoms with van der Waals surface area (Å²) in [6.07, 6.45) is 1.64. The van der Waals surface area contributed by atoms with Crippen LogP contribution in [0.25, 0.3) is 22.2 Å². The molecule has 32 heavy (non-hydrogen) atoms. The first-order valence-corrected chi connectivity index (χ1v) is 10.6. The molecule has 1 amide bonds. The quantitative estimate of drug-likeness (QED) is 0.501. The summed E-state index contributed by atoms with van der Waals surface area (Å²) in [6, 6.07) is 14.5. The second-order valence-corrected chi connectivity index (χ2v) is 7.30. The molecule has 7 heteroatoms. The Kier molecular flexibility index (Phi) is 7.65. The van der Waals surface area contributed by atoms with Crippen LogP contribution in [0, 0.1) is 0 Å². The summed E-state index contributed by atoms with van der Waals surface area (Å²) in [6.45, 7) is 3.66. The lowest BCUT2D eigenvalue weighted by Crippen LogP contribution is -2.36. The number of esters is 1. The number of pyridine rings is 1. The number of para-hydroxylation sites is 1. The molecular formula is C25H28N2O5. The maximum absolute atomic E-state index is 12.9. The van der Waals surface area contributed by atoms with Gasteiger partial charge < -0.3 is 19.5 Å². The summed E-state index contributed by atoms with van der Waals surface area (Å²) in [5.41, 5.74) is 2.33. The van der Waals surface area contributed by atoms with Crippen molar-refractivity contribution in [2.45, 2.75) is 32.7 Å². The Bertz CT molecular complexity index is 1110. The molecule has 3 aromatic rings. The molecule has 2 aromatic carbocycles. The Hall–Kier alpha value is -3.61. The van der Waals surface area contributed by atoms with Crippen molar-refractivity contribution in [1.82, 2.24) is 10.3 Å². The van der Waals surface area contributed by atoms with Crippen molar-refractivity contribution in [2.75, 3.05) is 20.8 Å². The van der Waals surface area contributed by atoms with E-state index in [4.69, 9.17) is 19.2 Å². The number of benzene rings is 2. The Morgan fingerprint density at radius 2 is 1.69 bits per heavy atom. The molecule has 7 nitrogen and oxygen atoms in total. The number of amides is 1. The van der Waals surface area contributed by atoms with Crippen molar-refractivity contribution in [3.8, 4) is 22.8 Å². The van der Waals surface area contributed by atoms with Crippen LogP contribution in [0.15, 0.2) is 48.5 Å². The van der Waals surface area contributed by atoms with E-state index in [1.54, 1.807) is 32.4 Å². The highest BCUT2D eigenvalue weighted by atomic mass is 16.5. The predicted octanol–water partition coefficient (Wildman–Crippen LogP) is 4.38. The fraction of sp³-hybridized carbons (Fsp3) is 0.320. The molecule has 1 aromatic heterocycles. The molecule has 0 unspecified atom stereocenters. The third kappa shape index (κ3) is 5.17. The molecule has 3 rings (SSSR count). The fourth-order valence-corrected chi connectivity index (χ4v) is 3.46. The molecule has 0 radical (unpaired) electrons. The lowest BCUT2D eigenvalue weighted by molar-refractivity contribution is -0.125. The molecular weight excluding hydrogens is 408 g/mol. The van der Waals surface area contributed by atoms with Crippen LogP contribution in [0.4, 0.5) is 0 Å². The molecule has 0 aliphatic carbocycles. The van der Waals surface area contributed by atoms with Gasteiger partial charge in [0.25, 0.3) is 5.91 Å². The number of rotatable bonds is 9. The van der Waals surface area contributed by atoms with Crippen LogP contribution in [0.3, 0.4) is 0 Å². The van der Waals surface area contributed by atoms with Crippen LogP contribution >= 0.6 is 0 Å². The number of nitrogens with one attached hydrogen (secondary N) is 1. The van der Waals surface area contributed by atoms with Gasteiger partial charge in [-0.3, -0.25) is 4.79 Å². The van der Waals surface area contributed by atoms with E-state index in [0.29, 0.717) is 33.7 Å². The average molecular weight is 437 g/mol. The fourth-order valence-electron chi connectivity index (χ4n) is 3.46. The van der Waals surface area contributed by atoms with Crippen molar-refractivity contribution < 1.29 is 23.8 Å². The van der Waals surface area contributed by atoms with Gasteiger partial charge in [0.15, 0.2) is 18.1 Å². The number of methoxy groups -OCH3 is 2. The largest absolute Gasteiger partial charge is 0.493 e. The summed E-state index contributed by atoms with van der Waals surface area (Å²) < 4.78 is 16.0. The number of hydrogen-bond acceptors (Lipinski definition) is 6. The van der Waals surface area contributed by atoms with Crippen LogP contribution in [0.5, 0.6) is 11.5 Å². The van der Waals surface area contributed by atoms with Gasteiger partial charge >= 0.3 is 5.97 Å². The first-order chi connectivity index (χ1) is 15.5. The lowest BCUT2D eigenvalue weighted by atomic mass is 10.0. The SMILES string of the molecule is CCC(CC)NC(=O)COC(=O)c1cc(-c2ccc(OC)c(OC)c2)nc2ccccc12. The number of ether oxygens (including phenoxy) is 3. The smallest absolute Gasteiger partial charge is 0.339 e. The Labute approximate surface area is 187 Å². The number of fused-ring (bicyclic) bond motifs is 1. The van der Waals surface area contributed by atoms with Gasteiger partial charge in [-0.15, -0.1) is 0 Å². The lowest BCUT2D eigenvalue weighted by Gasteiger charge is -2.15. The van der Waals surface area contributed by atoms with Gasteiger partial charge in [-0.25, -0.2) is 9.78 Å². The van der Waals surface area contributed by atoms with Crippen LogP contribution in [0.1, 0.15) is 37.0 Å². The number of carbonyl (C=O) groups excluding carboxylic acids is 2. The van der Waals surface area contributed by atoms with E-state index in [0.717, 1.165) is 18.4 Å². The zero-order chi connectivity index (χ0) is 23.1. The number of nitrogens with zero attached hydrogens (tertiary/aromatic N) is 1. The number of hydrogen-bond donors (Lipinski definition) is 1. The van der Waals surface area contributed by atoms with E-state index in [1.807, 2.05) is 44.2 Å². The summed E-state index contributed by atoms with van der Waals surface area (Å²) in [7, 11) is 3.13. The van der Waals surface area contributed by atoms with Gasteiger partial charge in [-0.05, 0) is 43.2 Å². The molecule has 0 aliphatic rings. The highest BCUT2D eigenvalue weighted by molar-refractivity contribution is 6.05. The number of aromatic nitrogens is 1. The van der Waals surface area contributed by atoms with Crippen LogP contribution in [0.2, 0.25) is 0 Å². The van der Waals surface area contributed by atoms with E-state index in [2.05, 4.69) is 5.32 Å². The first kappa shape index (κ1) is 23.1. The molecule has 0 spiro atoms. The van der Waals surface area contributed by atoms with Crippen LogP contribution in [-0.4, -0.2) is 43.7 Å². The summed E-state index contributed by atoms with van der Waals surface area (Å²) in [4.78, 5) is 29.8. The summed E-state index contributed by atoms with van der Waals surface area (Å²) >= 11 is 0. The molecule has 1 N–H and O–H groups in total. The highest BCUT2D eigenvalue weighted by Crippen LogP contribution is 2.33. The third-order valence-electron chi connectivity index (χ3n) is 5.30. The molecule has 1 heterocycles. The second kappa shape index (κ2) is 10.6. The topological polar surface area (TPSA) is 86.8 Å². The van der Waals surface area contributed by atoms with Gasteiger partial charge in [-0.2, -0.15) is 0 Å². The molecule has 0 bridgehead atoms. The van der Waals surface area contributed by atoms with Crippen molar-refractivity contribution in [3.63, 3.8) is 0 Å². The predicted molar refractivity (Wildman–Crippen MR) is 123 cm³/mol. The summed E-state index contributed by atoms with van der Waals surface area (Å²) in [5.74, 6) is 0.262. The second-order valence-electron chi connectivity index (χ2n) is 7.30. The van der Waals surface area contributed by atoms with Gasteiger partial charge in [0.2, 0.25) is 0 Å². The van der Waals surface area contributed by atoms with E-state index < -0.39 is 5.97 Å². The molecule has 168 valence electrons. The van der Waals surface area contributed by atoms with Gasteiger partial charge in [0, 0.05) is 17.0 Å². The molecule has 0 aliphatic heterocycles. The molecule has 0 saturated carbocycles. The van der Waals surface area contributed by atoms with E-state index in [-0.39, 0.29) is 18.6 Å². The van der Waals surface area contributed by atoms with Crippen LogP contribution in [-0.2, 0) is 9.53 Å². The normalized spacial score (nSPS) is 10.8. The molecule has 0 atom stereocenters. The van der Waals surface area contributed by atoms with Crippen molar-refractivity contribution in [1.29, 1.82) is 0 Å². The molecule has 0 saturated heterocycles. The minimum atomic E-state index is -0.579. The van der Waals surface area contributed by atoms with Crippen molar-refractivity contribution in [3.05, 3.63) is 54.1 Å². The number of carbonyl (C=O) groups is 2. The third-order valence-corrected chi connectivity index (χ3v) is 5.30. The van der Waals surface area contributed by atoms with Crippen molar-refractivity contribution in [2.24, 2.45) is 0 Å². The van der Waals surface area contributed by atoms with Gasteiger partial charge in [0.05, 0.1) is 31.0 Å². The highest BCUT2D eigenvalue weighted by Gasteiger charge is 2.18. The minimum absolute atomic E-state index is 0.0691. The monoisotopic (exact) mass is 436 g/mol. The first-order valence-electron chi connectivity index (χ1n) is 10.6. The van der Waals surface area contributed by atoms with Gasteiger partial charge in [-0.1, -0.05) is 32.0 Å². The standard InChI is InChI=1S/C25H28N2O5/c1-5-17(6-2)26-24(28)15-32-25(29)19-14-21(27-20-10-8-7-9-18(19)20)16-11-12-22(30-3)23(13-16)31-4/h7-14,17H,5-6,15H2,1-4H3,(H,26,28). The zero-order valence-corrected chi connectivity index (χ0v) is 18.8. The Morgan fingerprint density at radius 1 is 0.969 bits per heavy atom.